The van der Waals surface area contributed by atoms with Gasteiger partial charge < -0.3 is 9.64 Å². The van der Waals surface area contributed by atoms with E-state index >= 15 is 0 Å². The maximum atomic E-state index is 12.4. The molecule has 0 saturated carbocycles. The van der Waals surface area contributed by atoms with E-state index in [1.165, 1.54) is 4.63 Å². The molecular formula is C18H24N6O2. The molecule has 8 nitrogen and oxygen atoms in total. The standard InChI is InChI=1S/C18H24N6O2/c1-13-4-2-3-5-15(13)12-26-18(25)14-8-10-23(11-9-14)17-7-6-16-19-21-22-24(16)20-17/h2-3,6-7,13-15H,4-5,8-12H2,1H3. The monoisotopic (exact) mass is 356 g/mol. The van der Waals surface area contributed by atoms with Crippen molar-refractivity contribution in [2.24, 2.45) is 17.8 Å². The minimum absolute atomic E-state index is 0.0162. The van der Waals surface area contributed by atoms with Gasteiger partial charge in [0.15, 0.2) is 11.5 Å². The molecule has 4 rings (SSSR count). The Morgan fingerprint density at radius 2 is 2.04 bits per heavy atom. The average Bonchev–Trinajstić information content (AvgIpc) is 3.15. The lowest BCUT2D eigenvalue weighted by atomic mass is 9.85. The van der Waals surface area contributed by atoms with Crippen molar-refractivity contribution in [3.05, 3.63) is 24.3 Å². The molecule has 26 heavy (non-hydrogen) atoms. The second kappa shape index (κ2) is 7.39. The fraction of sp³-hybridized carbons (Fsp3) is 0.611. The Bertz CT molecular complexity index is 796. The number of hydrogen-bond acceptors (Lipinski definition) is 7. The first-order valence-corrected chi connectivity index (χ1v) is 9.32. The highest BCUT2D eigenvalue weighted by Crippen LogP contribution is 2.27. The van der Waals surface area contributed by atoms with Crippen LogP contribution in [-0.4, -0.2) is 50.9 Å². The van der Waals surface area contributed by atoms with Crippen molar-refractivity contribution >= 4 is 17.4 Å². The lowest BCUT2D eigenvalue weighted by Gasteiger charge is -2.32. The number of carbonyl (C=O) groups excluding carboxylic acids is 1. The molecule has 138 valence electrons. The Morgan fingerprint density at radius 3 is 2.85 bits per heavy atom. The summed E-state index contributed by atoms with van der Waals surface area (Å²) in [6, 6.07) is 3.77. The summed E-state index contributed by atoms with van der Waals surface area (Å²) in [6.45, 7) is 4.34. The van der Waals surface area contributed by atoms with Gasteiger partial charge in [-0.3, -0.25) is 4.79 Å². The smallest absolute Gasteiger partial charge is 0.309 e. The van der Waals surface area contributed by atoms with Gasteiger partial charge in [0.2, 0.25) is 0 Å². The van der Waals surface area contributed by atoms with Gasteiger partial charge in [0.25, 0.3) is 0 Å². The van der Waals surface area contributed by atoms with E-state index < -0.39 is 0 Å². The number of rotatable bonds is 4. The molecule has 0 amide bonds. The van der Waals surface area contributed by atoms with Crippen LogP contribution >= 0.6 is 0 Å². The van der Waals surface area contributed by atoms with Gasteiger partial charge in [0.1, 0.15) is 0 Å². The quantitative estimate of drug-likeness (QED) is 0.611. The van der Waals surface area contributed by atoms with Gasteiger partial charge in [-0.2, -0.15) is 0 Å². The number of carbonyl (C=O) groups is 1. The second-order valence-electron chi connectivity index (χ2n) is 7.29. The molecule has 0 bridgehead atoms. The van der Waals surface area contributed by atoms with Crippen molar-refractivity contribution in [3.8, 4) is 0 Å². The van der Waals surface area contributed by atoms with Gasteiger partial charge in [0.05, 0.1) is 12.5 Å². The summed E-state index contributed by atoms with van der Waals surface area (Å²) >= 11 is 0. The number of fused-ring (bicyclic) bond motifs is 1. The maximum Gasteiger partial charge on any atom is 0.309 e. The van der Waals surface area contributed by atoms with Gasteiger partial charge in [0, 0.05) is 13.1 Å². The minimum Gasteiger partial charge on any atom is -0.465 e. The summed E-state index contributed by atoms with van der Waals surface area (Å²) in [5.41, 5.74) is 0.624. The number of anilines is 1. The highest BCUT2D eigenvalue weighted by Gasteiger charge is 2.28. The minimum atomic E-state index is -0.0460. The van der Waals surface area contributed by atoms with Gasteiger partial charge in [-0.15, -0.1) is 14.8 Å². The highest BCUT2D eigenvalue weighted by molar-refractivity contribution is 5.72. The predicted molar refractivity (Wildman–Crippen MR) is 95.5 cm³/mol. The molecule has 0 spiro atoms. The van der Waals surface area contributed by atoms with E-state index in [1.807, 2.05) is 12.1 Å². The second-order valence-corrected chi connectivity index (χ2v) is 7.29. The molecule has 1 aliphatic heterocycles. The molecule has 2 aromatic heterocycles. The topological polar surface area (TPSA) is 85.5 Å². The molecule has 2 aromatic rings. The number of esters is 1. The summed E-state index contributed by atoms with van der Waals surface area (Å²) in [6.07, 6.45) is 8.09. The van der Waals surface area contributed by atoms with E-state index in [4.69, 9.17) is 4.74 Å². The van der Waals surface area contributed by atoms with Gasteiger partial charge in [-0.1, -0.05) is 19.1 Å². The third-order valence-corrected chi connectivity index (χ3v) is 5.57. The summed E-state index contributed by atoms with van der Waals surface area (Å²) in [7, 11) is 0. The molecule has 2 atom stereocenters. The van der Waals surface area contributed by atoms with Crippen LogP contribution in [0.5, 0.6) is 0 Å². The molecule has 2 aliphatic rings. The zero-order valence-corrected chi connectivity index (χ0v) is 15.0. The fourth-order valence-electron chi connectivity index (χ4n) is 3.70. The van der Waals surface area contributed by atoms with Crippen LogP contribution in [0, 0.1) is 17.8 Å². The van der Waals surface area contributed by atoms with Crippen LogP contribution in [0.1, 0.15) is 32.6 Å². The van der Waals surface area contributed by atoms with E-state index in [0.717, 1.165) is 44.6 Å². The van der Waals surface area contributed by atoms with Crippen LogP contribution < -0.4 is 4.90 Å². The van der Waals surface area contributed by atoms with Crippen molar-refractivity contribution in [1.82, 2.24) is 25.3 Å². The van der Waals surface area contributed by atoms with Gasteiger partial charge in [-0.05, 0) is 60.1 Å². The molecule has 2 unspecified atom stereocenters. The first-order valence-electron chi connectivity index (χ1n) is 9.32. The SMILES string of the molecule is CC1CC=CCC1COC(=O)C1CCN(c2ccc3nnnn3n2)CC1. The Hall–Kier alpha value is -2.51. The van der Waals surface area contributed by atoms with E-state index in [9.17, 15) is 4.79 Å². The summed E-state index contributed by atoms with van der Waals surface area (Å²) in [5.74, 6) is 1.81. The molecule has 1 saturated heterocycles. The number of aromatic nitrogens is 5. The number of allylic oxidation sites excluding steroid dienone is 2. The lowest BCUT2D eigenvalue weighted by Crippen LogP contribution is -2.38. The van der Waals surface area contributed by atoms with Crippen LogP contribution in [0.2, 0.25) is 0 Å². The summed E-state index contributed by atoms with van der Waals surface area (Å²) in [4.78, 5) is 14.6. The number of hydrogen-bond donors (Lipinski definition) is 0. The largest absolute Gasteiger partial charge is 0.465 e. The molecule has 1 fully saturated rings. The van der Waals surface area contributed by atoms with Crippen LogP contribution in [0.3, 0.4) is 0 Å². The average molecular weight is 356 g/mol. The van der Waals surface area contributed by atoms with Crippen molar-refractivity contribution in [1.29, 1.82) is 0 Å². The van der Waals surface area contributed by atoms with Crippen molar-refractivity contribution in [2.75, 3.05) is 24.6 Å². The zero-order valence-electron chi connectivity index (χ0n) is 15.0. The molecule has 1 aliphatic carbocycles. The normalized spacial score (nSPS) is 24.1. The summed E-state index contributed by atoms with van der Waals surface area (Å²) < 4.78 is 7.07. The fourth-order valence-corrected chi connectivity index (χ4v) is 3.70. The molecule has 0 radical (unpaired) electrons. The molecular weight excluding hydrogens is 332 g/mol. The molecule has 8 heteroatoms. The Morgan fingerprint density at radius 1 is 1.23 bits per heavy atom. The third-order valence-electron chi connectivity index (χ3n) is 5.57. The number of piperidine rings is 1. The van der Waals surface area contributed by atoms with E-state index in [1.54, 1.807) is 0 Å². The van der Waals surface area contributed by atoms with Crippen LogP contribution in [0.25, 0.3) is 5.65 Å². The summed E-state index contributed by atoms with van der Waals surface area (Å²) in [5, 5.41) is 15.7. The zero-order chi connectivity index (χ0) is 17.9. The van der Waals surface area contributed by atoms with Crippen LogP contribution in [-0.2, 0) is 9.53 Å². The van der Waals surface area contributed by atoms with Crippen molar-refractivity contribution < 1.29 is 9.53 Å². The van der Waals surface area contributed by atoms with Gasteiger partial charge >= 0.3 is 5.97 Å². The van der Waals surface area contributed by atoms with Crippen LogP contribution in [0.15, 0.2) is 24.3 Å². The van der Waals surface area contributed by atoms with Gasteiger partial charge in [-0.25, -0.2) is 0 Å². The van der Waals surface area contributed by atoms with Crippen LogP contribution in [0.4, 0.5) is 5.82 Å². The van der Waals surface area contributed by atoms with E-state index in [2.05, 4.69) is 44.6 Å². The van der Waals surface area contributed by atoms with E-state index in [-0.39, 0.29) is 11.9 Å². The number of ether oxygens (including phenoxy) is 1. The predicted octanol–water partition coefficient (Wildman–Crippen LogP) is 1.88. The number of tetrazole rings is 1. The molecule has 3 heterocycles. The van der Waals surface area contributed by atoms with Crippen molar-refractivity contribution in [2.45, 2.75) is 32.6 Å². The maximum absolute atomic E-state index is 12.4. The first kappa shape index (κ1) is 16.9. The Labute approximate surface area is 152 Å². The first-order chi connectivity index (χ1) is 12.7. The molecule has 0 N–H and O–H groups in total. The lowest BCUT2D eigenvalue weighted by molar-refractivity contribution is -0.151. The Kier molecular flexibility index (Phi) is 4.81. The van der Waals surface area contributed by atoms with Crippen molar-refractivity contribution in [3.63, 3.8) is 0 Å². The number of nitrogens with zero attached hydrogens (tertiary/aromatic N) is 6. The van der Waals surface area contributed by atoms with E-state index in [0.29, 0.717) is 24.1 Å². The Balaban J connectivity index is 1.28. The molecule has 0 aromatic carbocycles. The highest BCUT2D eigenvalue weighted by atomic mass is 16.5. The third kappa shape index (κ3) is 3.54.